The molecule has 0 unspecified atom stereocenters. The molecule has 5 nitrogen and oxygen atoms in total. The van der Waals surface area contributed by atoms with Crippen molar-refractivity contribution in [2.75, 3.05) is 33.0 Å². The zero-order valence-corrected chi connectivity index (χ0v) is 24.5. The maximum Gasteiger partial charge on any atom is 0.178 e. The van der Waals surface area contributed by atoms with Gasteiger partial charge in [0.2, 0.25) is 0 Å². The first-order chi connectivity index (χ1) is 19.1. The van der Waals surface area contributed by atoms with Gasteiger partial charge in [-0.3, -0.25) is 4.79 Å². The average Bonchev–Trinajstić information content (AvgIpc) is 2.94. The van der Waals surface area contributed by atoms with Gasteiger partial charge < -0.3 is 9.64 Å². The van der Waals surface area contributed by atoms with E-state index in [0.717, 1.165) is 54.7 Å². The predicted octanol–water partition coefficient (Wildman–Crippen LogP) is 6.78. The summed E-state index contributed by atoms with van der Waals surface area (Å²) in [5, 5.41) is 0. The van der Waals surface area contributed by atoms with Gasteiger partial charge in [-0.1, -0.05) is 43.3 Å². The van der Waals surface area contributed by atoms with Gasteiger partial charge >= 0.3 is 0 Å². The summed E-state index contributed by atoms with van der Waals surface area (Å²) in [4.78, 5) is 15.3. The maximum absolute atomic E-state index is 13.2. The van der Waals surface area contributed by atoms with E-state index in [2.05, 4.69) is 4.90 Å². The minimum Gasteiger partial charge on any atom is -0.492 e. The van der Waals surface area contributed by atoms with Crippen LogP contribution >= 0.6 is 0 Å². The van der Waals surface area contributed by atoms with Crippen LogP contribution in [0.15, 0.2) is 77.7 Å². The summed E-state index contributed by atoms with van der Waals surface area (Å²) in [6, 6.07) is 21.2. The number of nitrogens with zero attached hydrogens (tertiary/aromatic N) is 1. The number of likely N-dealkylation sites (N-methyl/N-ethyl adjacent to an activating group) is 1. The first-order valence-electron chi connectivity index (χ1n) is 14.1. The van der Waals surface area contributed by atoms with Gasteiger partial charge in [-0.15, -0.1) is 0 Å². The number of hydrogen-bond acceptors (Lipinski definition) is 5. The molecule has 1 aliphatic rings. The highest BCUT2D eigenvalue weighted by molar-refractivity contribution is 7.91. The number of halogens is 1. The summed E-state index contributed by atoms with van der Waals surface area (Å²) < 4.78 is 45.3. The van der Waals surface area contributed by atoms with Crippen molar-refractivity contribution in [1.29, 1.82) is 0 Å². The fourth-order valence-electron chi connectivity index (χ4n) is 5.38. The van der Waals surface area contributed by atoms with E-state index in [0.29, 0.717) is 17.9 Å². The number of ketones is 1. The Morgan fingerprint density at radius 1 is 0.900 bits per heavy atom. The molecule has 0 bridgehead atoms. The Balaban J connectivity index is 1.27. The van der Waals surface area contributed by atoms with Crippen LogP contribution in [0.25, 0.3) is 11.1 Å². The van der Waals surface area contributed by atoms with E-state index < -0.39 is 9.84 Å². The van der Waals surface area contributed by atoms with E-state index in [4.69, 9.17) is 4.74 Å². The summed E-state index contributed by atoms with van der Waals surface area (Å²) in [5.41, 5.74) is 2.91. The smallest absolute Gasteiger partial charge is 0.178 e. The number of rotatable bonds is 12. The van der Waals surface area contributed by atoms with Crippen LogP contribution < -0.4 is 4.74 Å². The fourth-order valence-corrected chi connectivity index (χ4v) is 7.08. The van der Waals surface area contributed by atoms with Crippen molar-refractivity contribution in [3.8, 4) is 16.9 Å². The molecular formula is C33H40FNO4S. The standard InChI is InChI=1S/C33H40FNO4S/c1-24(26-8-14-30(34)15-9-26)22-33(36)29-6-4-25(5-7-29)23-40(37,38)32-18-12-28(13-19-32)27-10-16-31(17-11-27)39-21-20-35(2)3/h8-19,24-25,29H,4-7,20-23H2,1-3H3/t24-,25?,29?/m0/s1. The summed E-state index contributed by atoms with van der Waals surface area (Å²) in [6.07, 6.45) is 3.35. The van der Waals surface area contributed by atoms with Crippen LogP contribution in [0.4, 0.5) is 4.39 Å². The number of carbonyl (C=O) groups excluding carboxylic acids is 1. The molecule has 40 heavy (non-hydrogen) atoms. The summed E-state index contributed by atoms with van der Waals surface area (Å²) in [6.45, 7) is 3.45. The molecule has 0 aromatic heterocycles. The number of benzene rings is 3. The molecule has 0 amide bonds. The number of hydrogen-bond donors (Lipinski definition) is 0. The molecule has 0 spiro atoms. The van der Waals surface area contributed by atoms with Crippen LogP contribution in [0.2, 0.25) is 0 Å². The van der Waals surface area contributed by atoms with Crippen molar-refractivity contribution < 1.29 is 22.3 Å². The summed E-state index contributed by atoms with van der Waals surface area (Å²) >= 11 is 0. The first-order valence-corrected chi connectivity index (χ1v) is 15.7. The van der Waals surface area contributed by atoms with Gasteiger partial charge in [0.1, 0.15) is 24.0 Å². The largest absolute Gasteiger partial charge is 0.492 e. The summed E-state index contributed by atoms with van der Waals surface area (Å²) in [5.74, 6) is 0.935. The molecule has 0 aliphatic heterocycles. The van der Waals surface area contributed by atoms with Crippen LogP contribution in [0.1, 0.15) is 50.5 Å². The monoisotopic (exact) mass is 565 g/mol. The molecule has 0 N–H and O–H groups in total. The van der Waals surface area contributed by atoms with Crippen LogP contribution in [0, 0.1) is 17.7 Å². The average molecular weight is 566 g/mol. The number of sulfone groups is 1. The van der Waals surface area contributed by atoms with Crippen molar-refractivity contribution >= 4 is 15.6 Å². The molecule has 0 radical (unpaired) electrons. The zero-order valence-electron chi connectivity index (χ0n) is 23.7. The molecule has 3 aromatic carbocycles. The quantitative estimate of drug-likeness (QED) is 0.242. The van der Waals surface area contributed by atoms with E-state index in [1.165, 1.54) is 12.1 Å². The Morgan fingerprint density at radius 3 is 2.05 bits per heavy atom. The highest BCUT2D eigenvalue weighted by atomic mass is 32.2. The second-order valence-electron chi connectivity index (χ2n) is 11.3. The Bertz CT molecular complexity index is 1350. The third-order valence-corrected chi connectivity index (χ3v) is 9.81. The van der Waals surface area contributed by atoms with E-state index in [1.54, 1.807) is 24.3 Å². The van der Waals surface area contributed by atoms with Gasteiger partial charge in [0.15, 0.2) is 9.84 Å². The Morgan fingerprint density at radius 2 is 1.48 bits per heavy atom. The van der Waals surface area contributed by atoms with Gasteiger partial charge in [-0.2, -0.15) is 0 Å². The Hall–Kier alpha value is -3.03. The molecule has 0 saturated heterocycles. The normalized spacial score (nSPS) is 18.4. The number of carbonyl (C=O) groups is 1. The molecule has 1 aliphatic carbocycles. The van der Waals surface area contributed by atoms with Gasteiger partial charge in [-0.05, 0) is 105 Å². The number of Topliss-reactive ketones (excluding diaryl/α,β-unsaturated/α-hetero) is 1. The minimum absolute atomic E-state index is 0.0223. The lowest BCUT2D eigenvalue weighted by molar-refractivity contribution is -0.124. The lowest BCUT2D eigenvalue weighted by atomic mass is 9.78. The van der Waals surface area contributed by atoms with Crippen molar-refractivity contribution in [3.05, 3.63) is 84.2 Å². The van der Waals surface area contributed by atoms with Crippen molar-refractivity contribution in [2.24, 2.45) is 11.8 Å². The van der Waals surface area contributed by atoms with E-state index in [-0.39, 0.29) is 35.1 Å². The molecular weight excluding hydrogens is 525 g/mol. The number of ether oxygens (including phenoxy) is 1. The van der Waals surface area contributed by atoms with Crippen LogP contribution in [0.3, 0.4) is 0 Å². The molecule has 1 atom stereocenters. The van der Waals surface area contributed by atoms with Crippen molar-refractivity contribution in [3.63, 3.8) is 0 Å². The lowest BCUT2D eigenvalue weighted by Gasteiger charge is -2.28. The SMILES string of the molecule is C[C@@H](CC(=O)C1CCC(CS(=O)(=O)c2ccc(-c3ccc(OCCN(C)C)cc3)cc2)CC1)c1ccc(F)cc1. The van der Waals surface area contributed by atoms with E-state index >= 15 is 0 Å². The molecule has 4 rings (SSSR count). The highest BCUT2D eigenvalue weighted by Crippen LogP contribution is 2.34. The second kappa shape index (κ2) is 13.6. The lowest BCUT2D eigenvalue weighted by Crippen LogP contribution is -2.26. The van der Waals surface area contributed by atoms with Crippen LogP contribution in [-0.4, -0.2) is 52.1 Å². The van der Waals surface area contributed by atoms with Crippen molar-refractivity contribution in [1.82, 2.24) is 4.90 Å². The molecule has 0 heterocycles. The molecule has 7 heteroatoms. The third kappa shape index (κ3) is 8.24. The first kappa shape index (κ1) is 29.9. The molecule has 1 fully saturated rings. The van der Waals surface area contributed by atoms with Gasteiger partial charge in [0.05, 0.1) is 10.6 Å². The van der Waals surface area contributed by atoms with Crippen molar-refractivity contribution in [2.45, 2.75) is 49.8 Å². The summed E-state index contributed by atoms with van der Waals surface area (Å²) in [7, 11) is 0.591. The fraction of sp³-hybridized carbons (Fsp3) is 0.424. The second-order valence-corrected chi connectivity index (χ2v) is 13.4. The predicted molar refractivity (Wildman–Crippen MR) is 158 cm³/mol. The highest BCUT2D eigenvalue weighted by Gasteiger charge is 2.30. The maximum atomic E-state index is 13.2. The topological polar surface area (TPSA) is 63.7 Å². The minimum atomic E-state index is -3.42. The van der Waals surface area contributed by atoms with E-state index in [1.807, 2.05) is 57.4 Å². The van der Waals surface area contributed by atoms with E-state index in [9.17, 15) is 17.6 Å². The Kier molecular flexibility index (Phi) is 10.1. The molecule has 1 saturated carbocycles. The van der Waals surface area contributed by atoms with Gasteiger partial charge in [0.25, 0.3) is 0 Å². The molecule has 3 aromatic rings. The van der Waals surface area contributed by atoms with Crippen LogP contribution in [-0.2, 0) is 14.6 Å². The molecule has 214 valence electrons. The Labute approximate surface area is 238 Å². The third-order valence-electron chi connectivity index (χ3n) is 7.91. The van der Waals surface area contributed by atoms with Crippen LogP contribution in [0.5, 0.6) is 5.75 Å². The van der Waals surface area contributed by atoms with Gasteiger partial charge in [0, 0.05) is 18.9 Å². The van der Waals surface area contributed by atoms with Gasteiger partial charge in [-0.25, -0.2) is 12.8 Å². The zero-order chi connectivity index (χ0) is 28.7.